The lowest BCUT2D eigenvalue weighted by Gasteiger charge is -2.25. The molecule has 0 bridgehead atoms. The van der Waals surface area contributed by atoms with Crippen molar-refractivity contribution < 1.29 is 4.79 Å². The summed E-state index contributed by atoms with van der Waals surface area (Å²) in [6.07, 6.45) is 4.35. The average molecular weight is 278 g/mol. The number of halogens is 1. The molecule has 0 aliphatic rings. The van der Waals surface area contributed by atoms with Crippen molar-refractivity contribution in [2.45, 2.75) is 46.5 Å². The molecule has 0 aliphatic heterocycles. The SMILES string of the molecule is CCCCC(CC)C(=O)N(CC)CCBr. The number of rotatable bonds is 8. The summed E-state index contributed by atoms with van der Waals surface area (Å²) < 4.78 is 0. The first kappa shape index (κ1) is 14.9. The van der Waals surface area contributed by atoms with Gasteiger partial charge in [-0.25, -0.2) is 0 Å². The van der Waals surface area contributed by atoms with Crippen LogP contribution in [0.2, 0.25) is 0 Å². The molecule has 0 spiro atoms. The van der Waals surface area contributed by atoms with E-state index in [4.69, 9.17) is 0 Å². The predicted molar refractivity (Wildman–Crippen MR) is 69.4 cm³/mol. The average Bonchev–Trinajstić information content (AvgIpc) is 2.26. The van der Waals surface area contributed by atoms with Gasteiger partial charge >= 0.3 is 0 Å². The molecule has 0 N–H and O–H groups in total. The van der Waals surface area contributed by atoms with Gasteiger partial charge in [0, 0.05) is 24.3 Å². The van der Waals surface area contributed by atoms with Gasteiger partial charge in [0.1, 0.15) is 0 Å². The number of unbranched alkanes of at least 4 members (excludes halogenated alkanes) is 1. The monoisotopic (exact) mass is 277 g/mol. The van der Waals surface area contributed by atoms with Crippen molar-refractivity contribution in [2.75, 3.05) is 18.4 Å². The van der Waals surface area contributed by atoms with Gasteiger partial charge in [-0.1, -0.05) is 42.6 Å². The first-order valence-electron chi connectivity index (χ1n) is 6.05. The third-order valence-corrected chi connectivity index (χ3v) is 3.15. The highest BCUT2D eigenvalue weighted by Gasteiger charge is 2.20. The van der Waals surface area contributed by atoms with Crippen LogP contribution < -0.4 is 0 Å². The molecule has 0 aliphatic carbocycles. The Bertz CT molecular complexity index is 173. The van der Waals surface area contributed by atoms with E-state index in [1.807, 2.05) is 11.8 Å². The lowest BCUT2D eigenvalue weighted by atomic mass is 9.98. The Morgan fingerprint density at radius 1 is 1.33 bits per heavy atom. The van der Waals surface area contributed by atoms with Crippen molar-refractivity contribution in [2.24, 2.45) is 5.92 Å². The molecule has 0 aromatic heterocycles. The highest BCUT2D eigenvalue weighted by molar-refractivity contribution is 9.09. The Balaban J connectivity index is 4.20. The fourth-order valence-corrected chi connectivity index (χ4v) is 2.17. The molecule has 2 nitrogen and oxygen atoms in total. The van der Waals surface area contributed by atoms with Crippen LogP contribution in [0.1, 0.15) is 46.5 Å². The zero-order valence-electron chi connectivity index (χ0n) is 10.3. The molecule has 0 heterocycles. The van der Waals surface area contributed by atoms with Crippen LogP contribution in [0.4, 0.5) is 0 Å². The number of alkyl halides is 1. The van der Waals surface area contributed by atoms with E-state index in [9.17, 15) is 4.79 Å². The lowest BCUT2D eigenvalue weighted by Crippen LogP contribution is -2.37. The highest BCUT2D eigenvalue weighted by atomic mass is 79.9. The minimum Gasteiger partial charge on any atom is -0.342 e. The zero-order chi connectivity index (χ0) is 11.7. The molecule has 3 heteroatoms. The van der Waals surface area contributed by atoms with Gasteiger partial charge in [0.2, 0.25) is 5.91 Å². The van der Waals surface area contributed by atoms with E-state index in [0.717, 1.165) is 37.7 Å². The van der Waals surface area contributed by atoms with Crippen molar-refractivity contribution in [3.8, 4) is 0 Å². The molecule has 90 valence electrons. The molecule has 0 aromatic carbocycles. The smallest absolute Gasteiger partial charge is 0.225 e. The lowest BCUT2D eigenvalue weighted by molar-refractivity contribution is -0.135. The van der Waals surface area contributed by atoms with E-state index in [2.05, 4.69) is 29.8 Å². The van der Waals surface area contributed by atoms with E-state index in [1.54, 1.807) is 0 Å². The second-order valence-electron chi connectivity index (χ2n) is 3.85. The quantitative estimate of drug-likeness (QED) is 0.623. The van der Waals surface area contributed by atoms with Gasteiger partial charge in [-0.3, -0.25) is 4.79 Å². The van der Waals surface area contributed by atoms with Crippen LogP contribution in [0, 0.1) is 5.92 Å². The van der Waals surface area contributed by atoms with Gasteiger partial charge in [-0.05, 0) is 19.8 Å². The van der Waals surface area contributed by atoms with Gasteiger partial charge in [0.15, 0.2) is 0 Å². The van der Waals surface area contributed by atoms with E-state index < -0.39 is 0 Å². The van der Waals surface area contributed by atoms with E-state index in [1.165, 1.54) is 6.42 Å². The molecule has 0 saturated carbocycles. The van der Waals surface area contributed by atoms with Crippen molar-refractivity contribution in [3.63, 3.8) is 0 Å². The molecule has 15 heavy (non-hydrogen) atoms. The Morgan fingerprint density at radius 3 is 2.40 bits per heavy atom. The topological polar surface area (TPSA) is 20.3 Å². The fourth-order valence-electron chi connectivity index (χ4n) is 1.74. The maximum atomic E-state index is 12.1. The van der Waals surface area contributed by atoms with Gasteiger partial charge in [-0.15, -0.1) is 0 Å². The second-order valence-corrected chi connectivity index (χ2v) is 4.65. The number of nitrogens with zero attached hydrogens (tertiary/aromatic N) is 1. The van der Waals surface area contributed by atoms with Crippen LogP contribution in [0.15, 0.2) is 0 Å². The van der Waals surface area contributed by atoms with Crippen molar-refractivity contribution in [1.82, 2.24) is 4.90 Å². The van der Waals surface area contributed by atoms with Gasteiger partial charge in [0.25, 0.3) is 0 Å². The third kappa shape index (κ3) is 5.55. The molecule has 0 radical (unpaired) electrons. The second kappa shape index (κ2) is 9.20. The minimum absolute atomic E-state index is 0.240. The summed E-state index contributed by atoms with van der Waals surface area (Å²) >= 11 is 3.39. The summed E-state index contributed by atoms with van der Waals surface area (Å²) in [5.74, 6) is 0.580. The van der Waals surface area contributed by atoms with Gasteiger partial charge in [0.05, 0.1) is 0 Å². The summed E-state index contributed by atoms with van der Waals surface area (Å²) in [6.45, 7) is 7.99. The summed E-state index contributed by atoms with van der Waals surface area (Å²) in [7, 11) is 0. The summed E-state index contributed by atoms with van der Waals surface area (Å²) in [6, 6.07) is 0. The zero-order valence-corrected chi connectivity index (χ0v) is 11.8. The number of amides is 1. The Kier molecular flexibility index (Phi) is 9.17. The van der Waals surface area contributed by atoms with E-state index >= 15 is 0 Å². The Morgan fingerprint density at radius 2 is 2.00 bits per heavy atom. The van der Waals surface area contributed by atoms with E-state index in [0.29, 0.717) is 5.91 Å². The number of hydrogen-bond acceptors (Lipinski definition) is 1. The molecule has 1 unspecified atom stereocenters. The number of hydrogen-bond donors (Lipinski definition) is 0. The molecule has 1 atom stereocenters. The van der Waals surface area contributed by atoms with Crippen LogP contribution >= 0.6 is 15.9 Å². The summed E-state index contributed by atoms with van der Waals surface area (Å²) in [4.78, 5) is 14.1. The van der Waals surface area contributed by atoms with Crippen molar-refractivity contribution >= 4 is 21.8 Å². The van der Waals surface area contributed by atoms with Crippen LogP contribution in [0.25, 0.3) is 0 Å². The number of carbonyl (C=O) groups is 1. The maximum absolute atomic E-state index is 12.1. The van der Waals surface area contributed by atoms with Crippen LogP contribution in [-0.2, 0) is 4.79 Å². The normalized spacial score (nSPS) is 12.5. The maximum Gasteiger partial charge on any atom is 0.225 e. The predicted octanol–water partition coefficient (Wildman–Crippen LogP) is 3.45. The molecule has 0 fully saturated rings. The van der Waals surface area contributed by atoms with Crippen LogP contribution in [0.3, 0.4) is 0 Å². The molecular weight excluding hydrogens is 254 g/mol. The third-order valence-electron chi connectivity index (χ3n) is 2.80. The first-order valence-corrected chi connectivity index (χ1v) is 7.18. The van der Waals surface area contributed by atoms with Crippen LogP contribution in [-0.4, -0.2) is 29.2 Å². The summed E-state index contributed by atoms with van der Waals surface area (Å²) in [5.41, 5.74) is 0. The minimum atomic E-state index is 0.240. The number of carbonyl (C=O) groups excluding carboxylic acids is 1. The highest BCUT2D eigenvalue weighted by Crippen LogP contribution is 2.15. The van der Waals surface area contributed by atoms with Crippen molar-refractivity contribution in [1.29, 1.82) is 0 Å². The van der Waals surface area contributed by atoms with Crippen LogP contribution in [0.5, 0.6) is 0 Å². The standard InChI is InChI=1S/C12H24BrNO/c1-4-7-8-11(5-2)12(15)14(6-3)10-9-13/h11H,4-10H2,1-3H3. The fraction of sp³-hybridized carbons (Fsp3) is 0.917. The largest absolute Gasteiger partial charge is 0.342 e. The van der Waals surface area contributed by atoms with E-state index in [-0.39, 0.29) is 5.92 Å². The van der Waals surface area contributed by atoms with Crippen molar-refractivity contribution in [3.05, 3.63) is 0 Å². The molecular formula is C12H24BrNO. The Hall–Kier alpha value is -0.0500. The van der Waals surface area contributed by atoms with Gasteiger partial charge < -0.3 is 4.90 Å². The molecule has 1 amide bonds. The molecule has 0 aromatic rings. The Labute approximate surface area is 103 Å². The molecule has 0 rings (SSSR count). The first-order chi connectivity index (χ1) is 7.21. The molecule has 0 saturated heterocycles. The summed E-state index contributed by atoms with van der Waals surface area (Å²) in [5, 5.41) is 0.872. The van der Waals surface area contributed by atoms with Gasteiger partial charge in [-0.2, -0.15) is 0 Å².